The van der Waals surface area contributed by atoms with E-state index in [0.29, 0.717) is 11.6 Å². The zero-order valence-corrected chi connectivity index (χ0v) is 19.6. The van der Waals surface area contributed by atoms with E-state index >= 15 is 0 Å². The van der Waals surface area contributed by atoms with Gasteiger partial charge in [-0.1, -0.05) is 19.9 Å². The summed E-state index contributed by atoms with van der Waals surface area (Å²) in [5.74, 6) is 1.79. The molecular formula is C23H31N3O2S2. The number of thiophene rings is 1. The van der Waals surface area contributed by atoms with Crippen molar-refractivity contribution in [2.75, 3.05) is 18.6 Å². The molecule has 1 atom stereocenters. The number of thioether (sulfide) groups is 1. The van der Waals surface area contributed by atoms with E-state index in [1.165, 1.54) is 4.88 Å². The number of amides is 1. The number of aliphatic hydroxyl groups excluding tert-OH is 1. The van der Waals surface area contributed by atoms with E-state index in [-0.39, 0.29) is 18.6 Å². The first-order chi connectivity index (χ1) is 14.6. The normalized spacial score (nSPS) is 12.6. The van der Waals surface area contributed by atoms with Crippen LogP contribution < -0.4 is 5.32 Å². The number of imidazole rings is 1. The monoisotopic (exact) mass is 445 g/mol. The van der Waals surface area contributed by atoms with Crippen molar-refractivity contribution in [2.45, 2.75) is 51.6 Å². The Kier molecular flexibility index (Phi) is 8.36. The number of nitrogens with zero attached hydrogens (tertiary/aromatic N) is 2. The van der Waals surface area contributed by atoms with E-state index in [1.807, 2.05) is 24.5 Å². The molecule has 2 N–H and O–H groups in total. The third-order valence-electron chi connectivity index (χ3n) is 5.47. The van der Waals surface area contributed by atoms with Crippen molar-refractivity contribution >= 4 is 40.0 Å². The smallest absolute Gasteiger partial charge is 0.251 e. The maximum Gasteiger partial charge on any atom is 0.251 e. The second kappa shape index (κ2) is 11.0. The minimum Gasteiger partial charge on any atom is -0.394 e. The largest absolute Gasteiger partial charge is 0.394 e. The predicted octanol–water partition coefficient (Wildman–Crippen LogP) is 4.89. The van der Waals surface area contributed by atoms with Gasteiger partial charge in [-0.25, -0.2) is 4.98 Å². The Labute approximate surface area is 186 Å². The van der Waals surface area contributed by atoms with Crippen LogP contribution in [0.1, 0.15) is 60.2 Å². The molecule has 0 fully saturated rings. The highest BCUT2D eigenvalue weighted by Crippen LogP contribution is 2.28. The minimum atomic E-state index is -0.225. The van der Waals surface area contributed by atoms with Crippen molar-refractivity contribution < 1.29 is 9.90 Å². The zero-order chi connectivity index (χ0) is 21.5. The number of nitrogens with one attached hydrogen (secondary N) is 1. The Morgan fingerprint density at radius 2 is 2.10 bits per heavy atom. The van der Waals surface area contributed by atoms with Crippen molar-refractivity contribution in [2.24, 2.45) is 0 Å². The van der Waals surface area contributed by atoms with Crippen LogP contribution in [0.25, 0.3) is 11.0 Å². The van der Waals surface area contributed by atoms with Crippen LogP contribution in [0.2, 0.25) is 0 Å². The topological polar surface area (TPSA) is 67.2 Å². The number of aromatic nitrogens is 2. The molecule has 1 amide bonds. The average Bonchev–Trinajstić information content (AvgIpc) is 3.39. The number of benzene rings is 1. The van der Waals surface area contributed by atoms with E-state index in [2.05, 4.69) is 41.2 Å². The van der Waals surface area contributed by atoms with Crippen LogP contribution in [0.15, 0.2) is 35.7 Å². The van der Waals surface area contributed by atoms with Crippen LogP contribution in [-0.2, 0) is 6.42 Å². The quantitative estimate of drug-likeness (QED) is 0.441. The van der Waals surface area contributed by atoms with Crippen LogP contribution >= 0.6 is 23.1 Å². The van der Waals surface area contributed by atoms with E-state index < -0.39 is 0 Å². The van der Waals surface area contributed by atoms with E-state index in [9.17, 15) is 9.90 Å². The van der Waals surface area contributed by atoms with Gasteiger partial charge in [0.1, 0.15) is 5.82 Å². The molecule has 0 aliphatic rings. The van der Waals surface area contributed by atoms with E-state index in [1.54, 1.807) is 23.1 Å². The first kappa shape index (κ1) is 22.8. The molecule has 1 aromatic carbocycles. The molecule has 2 heterocycles. The predicted molar refractivity (Wildman–Crippen MR) is 128 cm³/mol. The summed E-state index contributed by atoms with van der Waals surface area (Å²) >= 11 is 3.45. The van der Waals surface area contributed by atoms with Gasteiger partial charge in [0, 0.05) is 22.9 Å². The number of carbonyl (C=O) groups excluding carboxylic acids is 1. The standard InChI is InChI=1S/C23H31N3O2S2/c1-4-18(5-2)26-21-9-8-16(23(28)24-17(15-27)10-12-29-3)13-20(21)25-22(26)14-19-7-6-11-30-19/h6-9,11,13,17-18,27H,4-5,10,12,14-15H2,1-3H3,(H,24,28). The summed E-state index contributed by atoms with van der Waals surface area (Å²) in [6.07, 6.45) is 5.64. The maximum absolute atomic E-state index is 12.8. The summed E-state index contributed by atoms with van der Waals surface area (Å²) in [5.41, 5.74) is 2.51. The number of aliphatic hydroxyl groups is 1. The number of rotatable bonds is 11. The molecule has 162 valence electrons. The number of fused-ring (bicyclic) bond motifs is 1. The van der Waals surface area contributed by atoms with Crippen molar-refractivity contribution in [3.05, 3.63) is 52.0 Å². The van der Waals surface area contributed by atoms with Crippen molar-refractivity contribution in [1.29, 1.82) is 0 Å². The summed E-state index contributed by atoms with van der Waals surface area (Å²) in [6, 6.07) is 10.1. The molecule has 0 radical (unpaired) electrons. The van der Waals surface area contributed by atoms with Crippen molar-refractivity contribution in [3.8, 4) is 0 Å². The molecular weight excluding hydrogens is 414 g/mol. The van der Waals surface area contributed by atoms with Crippen LogP contribution in [-0.4, -0.2) is 45.2 Å². The van der Waals surface area contributed by atoms with Gasteiger partial charge in [0.25, 0.3) is 5.91 Å². The van der Waals surface area contributed by atoms with Gasteiger partial charge in [-0.05, 0) is 60.9 Å². The van der Waals surface area contributed by atoms with Gasteiger partial charge in [-0.3, -0.25) is 4.79 Å². The van der Waals surface area contributed by atoms with Crippen molar-refractivity contribution in [3.63, 3.8) is 0 Å². The van der Waals surface area contributed by atoms with Crippen LogP contribution in [0.5, 0.6) is 0 Å². The molecule has 1 unspecified atom stereocenters. The molecule has 7 heteroatoms. The van der Waals surface area contributed by atoms with E-state index in [4.69, 9.17) is 4.98 Å². The Hall–Kier alpha value is -1.83. The molecule has 0 aliphatic heterocycles. The molecule has 5 nitrogen and oxygen atoms in total. The fourth-order valence-electron chi connectivity index (χ4n) is 3.78. The Balaban J connectivity index is 1.92. The Bertz CT molecular complexity index is 949. The molecule has 3 rings (SSSR count). The first-order valence-electron chi connectivity index (χ1n) is 10.5. The Morgan fingerprint density at radius 3 is 2.73 bits per heavy atom. The van der Waals surface area contributed by atoms with Gasteiger partial charge in [0.05, 0.1) is 23.7 Å². The lowest BCUT2D eigenvalue weighted by Gasteiger charge is -2.19. The summed E-state index contributed by atoms with van der Waals surface area (Å²) in [5, 5.41) is 14.6. The summed E-state index contributed by atoms with van der Waals surface area (Å²) in [6.45, 7) is 4.36. The molecule has 0 spiro atoms. The van der Waals surface area contributed by atoms with Gasteiger partial charge in [-0.2, -0.15) is 11.8 Å². The molecule has 0 bridgehead atoms. The fourth-order valence-corrected chi connectivity index (χ4v) is 5.00. The maximum atomic E-state index is 12.8. The van der Waals surface area contributed by atoms with Crippen LogP contribution in [0, 0.1) is 0 Å². The number of carbonyl (C=O) groups is 1. The number of hydrogen-bond acceptors (Lipinski definition) is 5. The van der Waals surface area contributed by atoms with Gasteiger partial charge < -0.3 is 15.0 Å². The summed E-state index contributed by atoms with van der Waals surface area (Å²) < 4.78 is 2.35. The van der Waals surface area contributed by atoms with Gasteiger partial charge in [0.15, 0.2) is 0 Å². The summed E-state index contributed by atoms with van der Waals surface area (Å²) in [7, 11) is 0. The third-order valence-corrected chi connectivity index (χ3v) is 6.99. The third kappa shape index (κ3) is 5.25. The first-order valence-corrected chi connectivity index (χ1v) is 12.8. The zero-order valence-electron chi connectivity index (χ0n) is 17.9. The molecule has 0 saturated carbocycles. The second-order valence-corrected chi connectivity index (χ2v) is 9.48. The Morgan fingerprint density at radius 1 is 1.30 bits per heavy atom. The van der Waals surface area contributed by atoms with Gasteiger partial charge in [-0.15, -0.1) is 11.3 Å². The highest BCUT2D eigenvalue weighted by atomic mass is 32.2. The lowest BCUT2D eigenvalue weighted by Crippen LogP contribution is -2.37. The SMILES string of the molecule is CCC(CC)n1c(Cc2cccs2)nc2cc(C(=O)NC(CO)CCSC)ccc21. The van der Waals surface area contributed by atoms with Gasteiger partial charge >= 0.3 is 0 Å². The highest BCUT2D eigenvalue weighted by Gasteiger charge is 2.19. The lowest BCUT2D eigenvalue weighted by molar-refractivity contribution is 0.0915. The molecule has 0 saturated heterocycles. The van der Waals surface area contributed by atoms with Gasteiger partial charge in [0.2, 0.25) is 0 Å². The van der Waals surface area contributed by atoms with Crippen molar-refractivity contribution in [1.82, 2.24) is 14.9 Å². The molecule has 2 aromatic heterocycles. The van der Waals surface area contributed by atoms with Crippen LogP contribution in [0.3, 0.4) is 0 Å². The van der Waals surface area contributed by atoms with E-state index in [0.717, 1.165) is 48.3 Å². The number of hydrogen-bond donors (Lipinski definition) is 2. The van der Waals surface area contributed by atoms with Crippen LogP contribution in [0.4, 0.5) is 0 Å². The summed E-state index contributed by atoms with van der Waals surface area (Å²) in [4.78, 5) is 19.0. The molecule has 30 heavy (non-hydrogen) atoms. The highest BCUT2D eigenvalue weighted by molar-refractivity contribution is 7.98. The molecule has 3 aromatic rings. The minimum absolute atomic E-state index is 0.0528. The fraction of sp³-hybridized carbons (Fsp3) is 0.478. The molecule has 0 aliphatic carbocycles. The average molecular weight is 446 g/mol. The lowest BCUT2D eigenvalue weighted by atomic mass is 10.1. The second-order valence-electron chi connectivity index (χ2n) is 7.46.